The fourth-order valence-electron chi connectivity index (χ4n) is 5.57. The summed E-state index contributed by atoms with van der Waals surface area (Å²) in [4.78, 5) is 50.0. The van der Waals surface area contributed by atoms with Gasteiger partial charge in [-0.15, -0.1) is 0 Å². The van der Waals surface area contributed by atoms with E-state index in [-0.39, 0.29) is 33.0 Å². The summed E-state index contributed by atoms with van der Waals surface area (Å²) < 4.78 is 0. The number of benzene rings is 2. The van der Waals surface area contributed by atoms with Gasteiger partial charge in [0.25, 0.3) is 11.4 Å². The number of amides is 2. The zero-order chi connectivity index (χ0) is 35.0. The molecule has 0 spiro atoms. The van der Waals surface area contributed by atoms with Crippen LogP contribution in [0.1, 0.15) is 101 Å². The van der Waals surface area contributed by atoms with Crippen LogP contribution < -0.4 is 10.6 Å². The molecule has 0 fully saturated rings. The van der Waals surface area contributed by atoms with Crippen LogP contribution in [0.15, 0.2) is 48.5 Å². The predicted molar refractivity (Wildman–Crippen MR) is 190 cm³/mol. The van der Waals surface area contributed by atoms with Crippen molar-refractivity contribution in [3.05, 3.63) is 79.9 Å². The first-order valence-electron chi connectivity index (χ1n) is 17.5. The molecule has 0 saturated carbocycles. The van der Waals surface area contributed by atoms with Gasteiger partial charge in [0.05, 0.1) is 9.85 Å². The van der Waals surface area contributed by atoms with Gasteiger partial charge in [-0.2, -0.15) is 0 Å². The second-order valence-electron chi connectivity index (χ2n) is 12.5. The summed E-state index contributed by atoms with van der Waals surface area (Å²) in [5.41, 5.74) is 1.64. The highest BCUT2D eigenvalue weighted by molar-refractivity contribution is 5.76. The number of para-hydroxylation sites is 2. The van der Waals surface area contributed by atoms with E-state index in [0.29, 0.717) is 37.1 Å². The highest BCUT2D eigenvalue weighted by Crippen LogP contribution is 2.18. The van der Waals surface area contributed by atoms with Crippen molar-refractivity contribution in [2.24, 2.45) is 0 Å². The standard InChI is InChI=1S/C36H56N6O6/c1-39(35(43)23-9-7-15-25-37-29-31-19-11-13-21-33(31)41(45)46)27-17-5-3-4-6-18-28-40(2)36(44)24-10-8-16-26-38-30-32-20-12-14-22-34(32)42(47)48/h11-14,19-22,37-38H,3-10,15-18,23-30H2,1-2H3. The quantitative estimate of drug-likeness (QED) is 0.0602. The number of hydrogen-bond acceptors (Lipinski definition) is 8. The Labute approximate surface area is 285 Å². The Balaban J connectivity index is 1.38. The third-order valence-electron chi connectivity index (χ3n) is 8.58. The smallest absolute Gasteiger partial charge is 0.273 e. The van der Waals surface area contributed by atoms with Crippen LogP contribution >= 0.6 is 0 Å². The molecular formula is C36H56N6O6. The SMILES string of the molecule is CN(CCCCCCCCN(C)C(=O)CCCCCNCc1ccccc1[N+](=O)[O-])C(=O)CCCCCNCc1ccccc1[N+](=O)[O-]. The third kappa shape index (κ3) is 16.8. The van der Waals surface area contributed by atoms with Gasteiger partial charge >= 0.3 is 0 Å². The van der Waals surface area contributed by atoms with Gasteiger partial charge in [0.15, 0.2) is 0 Å². The molecule has 0 aliphatic carbocycles. The average molecular weight is 669 g/mol. The topological polar surface area (TPSA) is 151 Å². The van der Waals surface area contributed by atoms with Crippen molar-refractivity contribution in [1.82, 2.24) is 20.4 Å². The summed E-state index contributed by atoms with van der Waals surface area (Å²) in [6.45, 7) is 4.00. The fourth-order valence-corrected chi connectivity index (χ4v) is 5.57. The summed E-state index contributed by atoms with van der Waals surface area (Å²) in [6, 6.07) is 13.5. The summed E-state index contributed by atoms with van der Waals surface area (Å²) in [7, 11) is 3.75. The van der Waals surface area contributed by atoms with Gasteiger partial charge in [0.1, 0.15) is 0 Å². The first-order valence-corrected chi connectivity index (χ1v) is 17.5. The lowest BCUT2D eigenvalue weighted by Crippen LogP contribution is -2.27. The van der Waals surface area contributed by atoms with Crippen molar-refractivity contribution >= 4 is 23.2 Å². The van der Waals surface area contributed by atoms with Crippen LogP contribution in [-0.4, -0.2) is 71.7 Å². The monoisotopic (exact) mass is 668 g/mol. The Kier molecular flexibility index (Phi) is 20.4. The molecule has 12 nitrogen and oxygen atoms in total. The van der Waals surface area contributed by atoms with Crippen molar-refractivity contribution in [1.29, 1.82) is 0 Å². The molecule has 0 atom stereocenters. The maximum Gasteiger partial charge on any atom is 0.273 e. The summed E-state index contributed by atoms with van der Waals surface area (Å²) >= 11 is 0. The van der Waals surface area contributed by atoms with Crippen LogP contribution in [0.5, 0.6) is 0 Å². The molecule has 2 amide bonds. The number of nitro groups is 2. The molecule has 0 aromatic heterocycles. The van der Waals surface area contributed by atoms with E-state index in [4.69, 9.17) is 0 Å². The first kappa shape index (κ1) is 40.3. The highest BCUT2D eigenvalue weighted by atomic mass is 16.6. The number of hydrogen-bond donors (Lipinski definition) is 2. The van der Waals surface area contributed by atoms with Gasteiger partial charge in [0, 0.05) is 76.4 Å². The van der Waals surface area contributed by atoms with Gasteiger partial charge in [-0.3, -0.25) is 29.8 Å². The lowest BCUT2D eigenvalue weighted by Gasteiger charge is -2.18. The van der Waals surface area contributed by atoms with Gasteiger partial charge in [-0.05, 0) is 51.6 Å². The number of rotatable bonds is 27. The third-order valence-corrected chi connectivity index (χ3v) is 8.58. The lowest BCUT2D eigenvalue weighted by molar-refractivity contribution is -0.385. The first-order chi connectivity index (χ1) is 23.2. The molecule has 0 aliphatic rings. The maximum absolute atomic E-state index is 12.4. The normalized spacial score (nSPS) is 11.0. The molecule has 0 radical (unpaired) electrons. The van der Waals surface area contributed by atoms with E-state index in [1.807, 2.05) is 23.9 Å². The zero-order valence-corrected chi connectivity index (χ0v) is 29.0. The van der Waals surface area contributed by atoms with Gasteiger partial charge < -0.3 is 20.4 Å². The minimum atomic E-state index is -0.355. The van der Waals surface area contributed by atoms with Crippen molar-refractivity contribution in [2.75, 3.05) is 40.3 Å². The van der Waals surface area contributed by atoms with E-state index in [1.54, 1.807) is 36.4 Å². The molecule has 2 N–H and O–H groups in total. The Morgan fingerprint density at radius 1 is 0.562 bits per heavy atom. The maximum atomic E-state index is 12.4. The number of carbonyl (C=O) groups is 2. The van der Waals surface area contributed by atoms with Crippen molar-refractivity contribution in [3.8, 4) is 0 Å². The minimum Gasteiger partial charge on any atom is -0.346 e. The van der Waals surface area contributed by atoms with Crippen molar-refractivity contribution < 1.29 is 19.4 Å². The van der Waals surface area contributed by atoms with Crippen LogP contribution in [0.2, 0.25) is 0 Å². The van der Waals surface area contributed by atoms with E-state index in [0.717, 1.165) is 103 Å². The Morgan fingerprint density at radius 3 is 1.31 bits per heavy atom. The summed E-state index contributed by atoms with van der Waals surface area (Å²) in [5, 5.41) is 28.7. The van der Waals surface area contributed by atoms with Crippen molar-refractivity contribution in [3.63, 3.8) is 0 Å². The molecule has 0 unspecified atom stereocenters. The molecular weight excluding hydrogens is 612 g/mol. The molecule has 266 valence electrons. The second-order valence-corrected chi connectivity index (χ2v) is 12.5. The number of nitro benzene ring substituents is 2. The molecule has 2 aromatic rings. The van der Waals surface area contributed by atoms with E-state index >= 15 is 0 Å². The molecule has 0 saturated heterocycles. The van der Waals surface area contributed by atoms with Crippen LogP contribution in [0, 0.1) is 20.2 Å². The largest absolute Gasteiger partial charge is 0.346 e. The second kappa shape index (κ2) is 24.3. The molecule has 12 heteroatoms. The van der Waals surface area contributed by atoms with Gasteiger partial charge in [0.2, 0.25) is 11.8 Å². The van der Waals surface area contributed by atoms with E-state index in [1.165, 1.54) is 12.1 Å². The molecule has 0 heterocycles. The van der Waals surface area contributed by atoms with Crippen LogP contribution in [0.25, 0.3) is 0 Å². The Hall–Kier alpha value is -3.90. The number of carbonyl (C=O) groups excluding carboxylic acids is 2. The predicted octanol–water partition coefficient (Wildman–Crippen LogP) is 6.76. The van der Waals surface area contributed by atoms with E-state index in [2.05, 4.69) is 10.6 Å². The number of nitrogens with one attached hydrogen (secondary N) is 2. The average Bonchev–Trinajstić information content (AvgIpc) is 3.08. The minimum absolute atomic E-state index is 0.138. The highest BCUT2D eigenvalue weighted by Gasteiger charge is 2.13. The molecule has 2 rings (SSSR count). The van der Waals surface area contributed by atoms with E-state index < -0.39 is 0 Å². The van der Waals surface area contributed by atoms with Gasteiger partial charge in [-0.25, -0.2) is 0 Å². The van der Waals surface area contributed by atoms with Gasteiger partial charge in [-0.1, -0.05) is 74.9 Å². The molecule has 0 aliphatic heterocycles. The molecule has 48 heavy (non-hydrogen) atoms. The Bertz CT molecular complexity index is 1160. The number of nitrogens with zero attached hydrogens (tertiary/aromatic N) is 4. The molecule has 0 bridgehead atoms. The summed E-state index contributed by atoms with van der Waals surface area (Å²) in [6.07, 6.45) is 13.0. The fraction of sp³-hybridized carbons (Fsp3) is 0.611. The van der Waals surface area contributed by atoms with E-state index in [9.17, 15) is 29.8 Å². The Morgan fingerprint density at radius 2 is 0.917 bits per heavy atom. The molecule has 2 aromatic carbocycles. The zero-order valence-electron chi connectivity index (χ0n) is 29.0. The van der Waals surface area contributed by atoms with Crippen LogP contribution in [0.3, 0.4) is 0 Å². The summed E-state index contributed by atoms with van der Waals surface area (Å²) in [5.74, 6) is 0.368. The van der Waals surface area contributed by atoms with Crippen molar-refractivity contribution in [2.45, 2.75) is 103 Å². The van der Waals surface area contributed by atoms with Crippen LogP contribution in [-0.2, 0) is 22.7 Å². The number of unbranched alkanes of at least 4 members (excludes halogenated alkanes) is 9. The van der Waals surface area contributed by atoms with Crippen LogP contribution in [0.4, 0.5) is 11.4 Å². The lowest BCUT2D eigenvalue weighted by atomic mass is 10.1.